The Morgan fingerprint density at radius 1 is 1.17 bits per heavy atom. The number of carbonyl (C=O) groups is 1. The SMILES string of the molecule is CCNC(=NCc1ccc(-c2nc3ccccc3s2)o1)NCCNC(=O)C1CC1. The van der Waals surface area contributed by atoms with Gasteiger partial charge in [-0.05, 0) is 44.0 Å². The van der Waals surface area contributed by atoms with Crippen LogP contribution in [0.4, 0.5) is 0 Å². The summed E-state index contributed by atoms with van der Waals surface area (Å²) in [4.78, 5) is 20.9. The number of rotatable bonds is 8. The molecule has 0 unspecified atom stereocenters. The molecule has 3 aromatic rings. The highest BCUT2D eigenvalue weighted by atomic mass is 32.1. The first kappa shape index (κ1) is 19.4. The van der Waals surface area contributed by atoms with Crippen LogP contribution >= 0.6 is 11.3 Å². The van der Waals surface area contributed by atoms with E-state index in [1.165, 1.54) is 0 Å². The first-order chi connectivity index (χ1) is 14.2. The lowest BCUT2D eigenvalue weighted by Gasteiger charge is -2.11. The van der Waals surface area contributed by atoms with Crippen molar-refractivity contribution in [1.82, 2.24) is 20.9 Å². The van der Waals surface area contributed by atoms with Crippen LogP contribution in [0.1, 0.15) is 25.5 Å². The maximum Gasteiger partial charge on any atom is 0.223 e. The number of nitrogens with one attached hydrogen (secondary N) is 3. The third-order valence-electron chi connectivity index (χ3n) is 4.57. The largest absolute Gasteiger partial charge is 0.457 e. The first-order valence-electron chi connectivity index (χ1n) is 9.97. The molecule has 4 rings (SSSR count). The number of carbonyl (C=O) groups excluding carboxylic acids is 1. The summed E-state index contributed by atoms with van der Waals surface area (Å²) in [7, 11) is 0. The molecule has 0 bridgehead atoms. The van der Waals surface area contributed by atoms with Crippen molar-refractivity contribution in [3.63, 3.8) is 0 Å². The molecule has 3 N–H and O–H groups in total. The number of benzene rings is 1. The molecule has 0 aliphatic heterocycles. The van der Waals surface area contributed by atoms with Crippen LogP contribution in [0, 0.1) is 5.92 Å². The Kier molecular flexibility index (Phi) is 6.09. The second-order valence-electron chi connectivity index (χ2n) is 6.94. The fraction of sp³-hybridized carbons (Fsp3) is 0.381. The second kappa shape index (κ2) is 9.09. The van der Waals surface area contributed by atoms with Crippen molar-refractivity contribution in [2.24, 2.45) is 10.9 Å². The molecular weight excluding hydrogens is 386 g/mol. The fourth-order valence-corrected chi connectivity index (χ4v) is 3.84. The zero-order chi connectivity index (χ0) is 20.1. The van der Waals surface area contributed by atoms with Crippen molar-refractivity contribution in [2.45, 2.75) is 26.3 Å². The molecule has 1 aliphatic rings. The summed E-state index contributed by atoms with van der Waals surface area (Å²) in [6, 6.07) is 11.9. The molecule has 29 heavy (non-hydrogen) atoms. The van der Waals surface area contributed by atoms with Crippen molar-refractivity contribution >= 4 is 33.4 Å². The third-order valence-corrected chi connectivity index (χ3v) is 5.62. The maximum absolute atomic E-state index is 11.7. The number of aliphatic imine (C=N–C) groups is 1. The van der Waals surface area contributed by atoms with Gasteiger partial charge in [-0.15, -0.1) is 11.3 Å². The Bertz CT molecular complexity index is 972. The molecule has 0 radical (unpaired) electrons. The summed E-state index contributed by atoms with van der Waals surface area (Å²) in [6.07, 6.45) is 2.04. The lowest BCUT2D eigenvalue weighted by atomic mass is 10.3. The molecule has 2 heterocycles. The van der Waals surface area contributed by atoms with Crippen LogP contribution in [0.2, 0.25) is 0 Å². The molecule has 7 nitrogen and oxygen atoms in total. The van der Waals surface area contributed by atoms with Crippen LogP contribution in [0.5, 0.6) is 0 Å². The van der Waals surface area contributed by atoms with E-state index in [9.17, 15) is 4.79 Å². The average molecular weight is 412 g/mol. The highest BCUT2D eigenvalue weighted by Crippen LogP contribution is 2.31. The van der Waals surface area contributed by atoms with Crippen LogP contribution < -0.4 is 16.0 Å². The van der Waals surface area contributed by atoms with Crippen LogP contribution in [0.15, 0.2) is 45.8 Å². The Balaban J connectivity index is 1.32. The molecule has 152 valence electrons. The summed E-state index contributed by atoms with van der Waals surface area (Å²) >= 11 is 1.62. The van der Waals surface area contributed by atoms with Crippen LogP contribution in [0.3, 0.4) is 0 Å². The molecule has 1 saturated carbocycles. The van der Waals surface area contributed by atoms with Gasteiger partial charge in [-0.1, -0.05) is 12.1 Å². The highest BCUT2D eigenvalue weighted by molar-refractivity contribution is 7.21. The molecule has 2 aromatic heterocycles. The number of aromatic nitrogens is 1. The van der Waals surface area contributed by atoms with Crippen LogP contribution in [-0.2, 0) is 11.3 Å². The lowest BCUT2D eigenvalue weighted by molar-refractivity contribution is -0.122. The van der Waals surface area contributed by atoms with Gasteiger partial charge in [-0.2, -0.15) is 0 Å². The summed E-state index contributed by atoms with van der Waals surface area (Å²) < 4.78 is 7.09. The zero-order valence-electron chi connectivity index (χ0n) is 16.4. The summed E-state index contributed by atoms with van der Waals surface area (Å²) in [5, 5.41) is 10.3. The number of para-hydroxylation sites is 1. The van der Waals surface area contributed by atoms with E-state index < -0.39 is 0 Å². The Hall–Kier alpha value is -2.87. The molecule has 1 fully saturated rings. The van der Waals surface area contributed by atoms with Crippen molar-refractivity contribution in [2.75, 3.05) is 19.6 Å². The number of furan rings is 1. The van der Waals surface area contributed by atoms with Gasteiger partial charge in [-0.25, -0.2) is 9.98 Å². The second-order valence-corrected chi connectivity index (χ2v) is 7.97. The third kappa shape index (κ3) is 5.14. The first-order valence-corrected chi connectivity index (χ1v) is 10.8. The van der Waals surface area contributed by atoms with Gasteiger partial charge in [0.25, 0.3) is 0 Å². The summed E-state index contributed by atoms with van der Waals surface area (Å²) in [5.74, 6) is 2.63. The van der Waals surface area contributed by atoms with Gasteiger partial charge in [-0.3, -0.25) is 4.79 Å². The normalized spacial score (nSPS) is 14.2. The average Bonchev–Trinajstić information content (AvgIpc) is 3.32. The minimum absolute atomic E-state index is 0.159. The fourth-order valence-electron chi connectivity index (χ4n) is 2.91. The Morgan fingerprint density at radius 2 is 2.00 bits per heavy atom. The van der Waals surface area contributed by atoms with Gasteiger partial charge in [0.15, 0.2) is 16.7 Å². The number of hydrogen-bond acceptors (Lipinski definition) is 5. The van der Waals surface area contributed by atoms with E-state index >= 15 is 0 Å². The standard InChI is InChI=1S/C21H25N5O2S/c1-2-22-21(24-12-11-23-19(27)14-7-8-14)25-13-15-9-10-17(28-15)20-26-16-5-3-4-6-18(16)29-20/h3-6,9-10,14H,2,7-8,11-13H2,1H3,(H,23,27)(H2,22,24,25). The van der Waals surface area contributed by atoms with Gasteiger partial charge in [0.1, 0.15) is 12.3 Å². The summed E-state index contributed by atoms with van der Waals surface area (Å²) in [5.41, 5.74) is 0.982. The molecule has 0 atom stereocenters. The van der Waals surface area contributed by atoms with E-state index in [0.29, 0.717) is 25.6 Å². The van der Waals surface area contributed by atoms with E-state index in [2.05, 4.69) is 32.0 Å². The number of fused-ring (bicyclic) bond motifs is 1. The molecule has 1 amide bonds. The van der Waals surface area contributed by atoms with E-state index in [4.69, 9.17) is 4.42 Å². The number of guanidine groups is 1. The van der Waals surface area contributed by atoms with Crippen molar-refractivity contribution in [3.8, 4) is 10.8 Å². The number of amides is 1. The molecule has 1 aliphatic carbocycles. The number of hydrogen-bond donors (Lipinski definition) is 3. The monoisotopic (exact) mass is 411 g/mol. The van der Waals surface area contributed by atoms with Crippen LogP contribution in [-0.4, -0.2) is 36.5 Å². The van der Waals surface area contributed by atoms with Gasteiger partial charge in [0, 0.05) is 25.6 Å². The minimum atomic E-state index is 0.159. The predicted octanol–water partition coefficient (Wildman–Crippen LogP) is 3.14. The topological polar surface area (TPSA) is 91.6 Å². The van der Waals surface area contributed by atoms with Crippen molar-refractivity contribution < 1.29 is 9.21 Å². The molecule has 0 saturated heterocycles. The van der Waals surface area contributed by atoms with Crippen molar-refractivity contribution in [3.05, 3.63) is 42.2 Å². The molecule has 1 aromatic carbocycles. The van der Waals surface area contributed by atoms with E-state index in [-0.39, 0.29) is 11.8 Å². The number of thiazole rings is 1. The van der Waals surface area contributed by atoms with E-state index in [1.807, 2.05) is 37.3 Å². The van der Waals surface area contributed by atoms with E-state index in [1.54, 1.807) is 11.3 Å². The molecule has 0 spiro atoms. The minimum Gasteiger partial charge on any atom is -0.457 e. The number of nitrogens with zero attached hydrogens (tertiary/aromatic N) is 2. The van der Waals surface area contributed by atoms with Crippen LogP contribution in [0.25, 0.3) is 21.0 Å². The molecular formula is C21H25N5O2S. The van der Waals surface area contributed by atoms with Gasteiger partial charge in [0.05, 0.1) is 10.2 Å². The zero-order valence-corrected chi connectivity index (χ0v) is 17.2. The Labute approximate surface area is 173 Å². The summed E-state index contributed by atoms with van der Waals surface area (Å²) in [6.45, 7) is 4.41. The predicted molar refractivity (Wildman–Crippen MR) is 116 cm³/mol. The smallest absolute Gasteiger partial charge is 0.223 e. The Morgan fingerprint density at radius 3 is 2.79 bits per heavy atom. The maximum atomic E-state index is 11.7. The van der Waals surface area contributed by atoms with E-state index in [0.717, 1.165) is 46.1 Å². The quantitative estimate of drug-likeness (QED) is 0.301. The van der Waals surface area contributed by atoms with Gasteiger partial charge < -0.3 is 20.4 Å². The highest BCUT2D eigenvalue weighted by Gasteiger charge is 2.28. The molecule has 8 heteroatoms. The van der Waals surface area contributed by atoms with Gasteiger partial charge >= 0.3 is 0 Å². The lowest BCUT2D eigenvalue weighted by Crippen LogP contribution is -2.41. The van der Waals surface area contributed by atoms with Crippen molar-refractivity contribution in [1.29, 1.82) is 0 Å². The van der Waals surface area contributed by atoms with Gasteiger partial charge in [0.2, 0.25) is 5.91 Å².